The molecule has 0 aliphatic carbocycles. The molecule has 110 valence electrons. The fraction of sp³-hybridized carbons (Fsp3) is 0.500. The maximum absolute atomic E-state index is 13.6. The van der Waals surface area contributed by atoms with Crippen molar-refractivity contribution < 1.29 is 13.7 Å². The molecule has 6 heteroatoms. The Morgan fingerprint density at radius 3 is 2.75 bits per heavy atom. The topological polar surface area (TPSA) is 18.0 Å². The summed E-state index contributed by atoms with van der Waals surface area (Å²) in [5.41, 5.74) is 1.92. The van der Waals surface area contributed by atoms with Gasteiger partial charge in [0.15, 0.2) is 5.82 Å². The van der Waals surface area contributed by atoms with E-state index in [1.807, 2.05) is 22.4 Å². The molecule has 3 nitrogen and oxygen atoms in total. The van der Waals surface area contributed by atoms with E-state index in [1.54, 1.807) is 6.07 Å². The maximum Gasteiger partial charge on any atom is 0.244 e. The highest BCUT2D eigenvalue weighted by Gasteiger charge is 2.17. The lowest BCUT2D eigenvalue weighted by molar-refractivity contribution is -0.646. The van der Waals surface area contributed by atoms with Crippen LogP contribution in [0.5, 0.6) is 0 Å². The van der Waals surface area contributed by atoms with Crippen LogP contribution >= 0.6 is 22.6 Å². The largest absolute Gasteiger partial charge is 0.361 e. The zero-order valence-corrected chi connectivity index (χ0v) is 15.6. The van der Waals surface area contributed by atoms with E-state index in [4.69, 9.17) is 4.74 Å². The molecule has 2 aromatic rings. The van der Waals surface area contributed by atoms with Gasteiger partial charge in [0.25, 0.3) is 0 Å². The third kappa shape index (κ3) is 3.79. The molecule has 20 heavy (non-hydrogen) atoms. The van der Waals surface area contributed by atoms with Crippen LogP contribution in [0.2, 0.25) is 25.7 Å². The zero-order chi connectivity index (χ0) is 14.9. The molecular formula is C14H21FIN2OSi+. The predicted molar refractivity (Wildman–Crippen MR) is 89.9 cm³/mol. The van der Waals surface area contributed by atoms with E-state index in [9.17, 15) is 4.39 Å². The van der Waals surface area contributed by atoms with Crippen LogP contribution in [0.3, 0.4) is 0 Å². The first-order chi connectivity index (χ1) is 9.28. The van der Waals surface area contributed by atoms with E-state index in [-0.39, 0.29) is 5.82 Å². The summed E-state index contributed by atoms with van der Waals surface area (Å²) in [4.78, 5) is 0. The second kappa shape index (κ2) is 6.11. The van der Waals surface area contributed by atoms with Crippen LogP contribution in [0.1, 0.15) is 0 Å². The molecule has 2 aromatic heterocycles. The van der Waals surface area contributed by atoms with Crippen LogP contribution < -0.4 is 4.57 Å². The summed E-state index contributed by atoms with van der Waals surface area (Å²) < 4.78 is 24.2. The first-order valence-corrected chi connectivity index (χ1v) is 11.5. The van der Waals surface area contributed by atoms with Gasteiger partial charge in [-0.2, -0.15) is 4.57 Å². The summed E-state index contributed by atoms with van der Waals surface area (Å²) in [5, 5.41) is 0. The summed E-state index contributed by atoms with van der Waals surface area (Å²) in [6, 6.07) is 2.71. The number of hydrogen-bond acceptors (Lipinski definition) is 1. The lowest BCUT2D eigenvalue weighted by Gasteiger charge is -2.15. The number of nitrogens with zero attached hydrogens (tertiary/aromatic N) is 2. The molecule has 2 heterocycles. The molecule has 2 rings (SSSR count). The monoisotopic (exact) mass is 407 g/mol. The normalized spacial score (nSPS) is 12.3. The average Bonchev–Trinajstić information content (AvgIpc) is 2.60. The van der Waals surface area contributed by atoms with Crippen molar-refractivity contribution in [1.29, 1.82) is 0 Å². The highest BCUT2D eigenvalue weighted by molar-refractivity contribution is 14.1. The van der Waals surface area contributed by atoms with Crippen molar-refractivity contribution >= 4 is 41.7 Å². The molecular weight excluding hydrogens is 386 g/mol. The van der Waals surface area contributed by atoms with E-state index in [2.05, 4.69) is 42.2 Å². The number of aryl methyl sites for hydroxylation is 1. The Bertz CT molecular complexity index is 622. The van der Waals surface area contributed by atoms with Gasteiger partial charge in [0.05, 0.1) is 0 Å². The number of halogens is 2. The van der Waals surface area contributed by atoms with Gasteiger partial charge in [-0.3, -0.25) is 0 Å². The molecule has 0 bridgehead atoms. The molecule has 0 saturated carbocycles. The van der Waals surface area contributed by atoms with Gasteiger partial charge in [-0.25, -0.2) is 4.39 Å². The van der Waals surface area contributed by atoms with Crippen LogP contribution in [0.4, 0.5) is 4.39 Å². The van der Waals surface area contributed by atoms with Crippen LogP contribution in [-0.4, -0.2) is 19.2 Å². The summed E-state index contributed by atoms with van der Waals surface area (Å²) in [6.45, 7) is 8.25. The Morgan fingerprint density at radius 2 is 2.10 bits per heavy atom. The van der Waals surface area contributed by atoms with Gasteiger partial charge >= 0.3 is 0 Å². The van der Waals surface area contributed by atoms with Gasteiger partial charge in [0.1, 0.15) is 22.9 Å². The predicted octanol–water partition coefficient (Wildman–Crippen LogP) is 3.52. The van der Waals surface area contributed by atoms with Crippen molar-refractivity contribution in [3.63, 3.8) is 0 Å². The minimum Gasteiger partial charge on any atom is -0.361 e. The smallest absolute Gasteiger partial charge is 0.244 e. The summed E-state index contributed by atoms with van der Waals surface area (Å²) in [5.74, 6) is -0.224. The first kappa shape index (κ1) is 15.9. The third-order valence-electron chi connectivity index (χ3n) is 3.22. The van der Waals surface area contributed by atoms with Crippen LogP contribution in [0.25, 0.3) is 11.0 Å². The molecule has 0 unspecified atom stereocenters. The standard InChI is InChI=1S/C14H21FIN2OSi/c1-17-8-11(15)7-13-14(17)12(16)9-18(13)10-19-5-6-20(2,3)4/h7-9H,5-6,10H2,1-4H3/q+1. The number of aromatic nitrogens is 2. The maximum atomic E-state index is 13.6. The fourth-order valence-corrected chi connectivity index (χ4v) is 3.84. The number of pyridine rings is 1. The highest BCUT2D eigenvalue weighted by atomic mass is 127. The van der Waals surface area contributed by atoms with Gasteiger partial charge in [-0.05, 0) is 28.6 Å². The summed E-state index contributed by atoms with van der Waals surface area (Å²) >= 11 is 2.28. The molecule has 0 fully saturated rings. The second-order valence-corrected chi connectivity index (χ2v) is 13.1. The van der Waals surface area contributed by atoms with Gasteiger partial charge in [-0.15, -0.1) is 0 Å². The lowest BCUT2D eigenvalue weighted by atomic mass is 10.3. The van der Waals surface area contributed by atoms with Gasteiger partial charge < -0.3 is 9.30 Å². The molecule has 0 amide bonds. The SMILES string of the molecule is C[n+]1cc(F)cc2c1c(I)cn2COCC[Si](C)(C)C. The average molecular weight is 407 g/mol. The lowest BCUT2D eigenvalue weighted by Crippen LogP contribution is -2.29. The molecule has 0 radical (unpaired) electrons. The van der Waals surface area contributed by atoms with E-state index in [0.29, 0.717) is 6.73 Å². The fourth-order valence-electron chi connectivity index (χ4n) is 2.09. The molecule has 0 aliphatic heterocycles. The quantitative estimate of drug-likeness (QED) is 0.321. The van der Waals surface area contributed by atoms with E-state index in [1.165, 1.54) is 6.20 Å². The third-order valence-corrected chi connectivity index (χ3v) is 5.71. The van der Waals surface area contributed by atoms with Gasteiger partial charge in [0, 0.05) is 26.9 Å². The summed E-state index contributed by atoms with van der Waals surface area (Å²) in [7, 11) is 0.803. The Morgan fingerprint density at radius 1 is 1.40 bits per heavy atom. The van der Waals surface area contributed by atoms with E-state index >= 15 is 0 Å². The molecule has 0 N–H and O–H groups in total. The highest BCUT2D eigenvalue weighted by Crippen LogP contribution is 2.20. The minimum absolute atomic E-state index is 0.224. The molecule has 0 saturated heterocycles. The Hall–Kier alpha value is -0.473. The van der Waals surface area contributed by atoms with Gasteiger partial charge in [0.2, 0.25) is 11.7 Å². The number of hydrogen-bond donors (Lipinski definition) is 0. The Balaban J connectivity index is 2.15. The minimum atomic E-state index is -1.06. The molecule has 0 spiro atoms. The van der Waals surface area contributed by atoms with Gasteiger partial charge in [-0.1, -0.05) is 19.6 Å². The van der Waals surface area contributed by atoms with Crippen molar-refractivity contribution in [2.45, 2.75) is 32.4 Å². The molecule has 0 aliphatic rings. The Kier molecular flexibility index (Phi) is 4.86. The molecule has 0 aromatic carbocycles. The van der Waals surface area contributed by atoms with Crippen LogP contribution in [-0.2, 0) is 18.5 Å². The summed E-state index contributed by atoms with van der Waals surface area (Å²) in [6.07, 6.45) is 3.51. The van der Waals surface area contributed by atoms with E-state index < -0.39 is 8.07 Å². The number of ether oxygens (including phenoxy) is 1. The van der Waals surface area contributed by atoms with E-state index in [0.717, 1.165) is 27.3 Å². The zero-order valence-electron chi connectivity index (χ0n) is 12.4. The van der Waals surface area contributed by atoms with Crippen LogP contribution in [0.15, 0.2) is 18.5 Å². The van der Waals surface area contributed by atoms with Crippen molar-refractivity contribution in [3.8, 4) is 0 Å². The number of rotatable bonds is 5. The Labute approximate surface area is 133 Å². The van der Waals surface area contributed by atoms with Crippen molar-refractivity contribution in [2.75, 3.05) is 6.61 Å². The second-order valence-electron chi connectivity index (χ2n) is 6.30. The number of fused-ring (bicyclic) bond motifs is 1. The van der Waals surface area contributed by atoms with Crippen molar-refractivity contribution in [2.24, 2.45) is 7.05 Å². The molecule has 0 atom stereocenters. The van der Waals surface area contributed by atoms with Crippen molar-refractivity contribution in [3.05, 3.63) is 27.8 Å². The van der Waals surface area contributed by atoms with Crippen molar-refractivity contribution in [1.82, 2.24) is 4.57 Å². The van der Waals surface area contributed by atoms with Crippen LogP contribution in [0, 0.1) is 9.39 Å². The first-order valence-electron chi connectivity index (χ1n) is 6.69.